The second-order valence-electron chi connectivity index (χ2n) is 10.6. The lowest BCUT2D eigenvalue weighted by molar-refractivity contribution is -0.140. The lowest BCUT2D eigenvalue weighted by atomic mass is 9.78. The van der Waals surface area contributed by atoms with Crippen LogP contribution in [0, 0.1) is 11.8 Å². The summed E-state index contributed by atoms with van der Waals surface area (Å²) in [5.74, 6) is 1.67. The van der Waals surface area contributed by atoms with Crippen LogP contribution in [-0.4, -0.2) is 29.1 Å². The Balaban J connectivity index is 1.32. The van der Waals surface area contributed by atoms with E-state index in [0.29, 0.717) is 12.1 Å². The quantitative estimate of drug-likeness (QED) is 0.319. The van der Waals surface area contributed by atoms with Gasteiger partial charge in [0.05, 0.1) is 17.0 Å². The van der Waals surface area contributed by atoms with E-state index in [1.54, 1.807) is 23.0 Å². The molecule has 5 rings (SSSR count). The van der Waals surface area contributed by atoms with Crippen LogP contribution in [0.4, 0.5) is 0 Å². The number of nitrogens with zero attached hydrogens (tertiary/aromatic N) is 1. The van der Waals surface area contributed by atoms with E-state index in [0.717, 1.165) is 72.5 Å². The highest BCUT2D eigenvalue weighted by Gasteiger charge is 2.41. The highest BCUT2D eigenvalue weighted by molar-refractivity contribution is 14.1. The number of rotatable bonds is 6. The fourth-order valence-corrected chi connectivity index (χ4v) is 7.17. The van der Waals surface area contributed by atoms with E-state index in [-0.39, 0.29) is 18.0 Å². The van der Waals surface area contributed by atoms with E-state index in [4.69, 9.17) is 19.4 Å². The molecule has 6 heteroatoms. The van der Waals surface area contributed by atoms with Gasteiger partial charge in [-0.2, -0.15) is 0 Å². The Morgan fingerprint density at radius 2 is 1.76 bits per heavy atom. The van der Waals surface area contributed by atoms with Crippen molar-refractivity contribution in [2.24, 2.45) is 11.8 Å². The van der Waals surface area contributed by atoms with Crippen molar-refractivity contribution >= 4 is 51.3 Å². The van der Waals surface area contributed by atoms with Crippen LogP contribution in [0.1, 0.15) is 76.7 Å². The molecular formula is C28H35ClINO3. The topological polar surface area (TPSA) is 38.8 Å². The van der Waals surface area contributed by atoms with Gasteiger partial charge in [-0.25, -0.2) is 0 Å². The summed E-state index contributed by atoms with van der Waals surface area (Å²) in [6.07, 6.45) is 11.7. The summed E-state index contributed by atoms with van der Waals surface area (Å²) in [6, 6.07) is 11.7. The third kappa shape index (κ3) is 5.22. The molecule has 2 aromatic rings. The maximum atomic E-state index is 12.2. The molecule has 2 unspecified atom stereocenters. The first kappa shape index (κ1) is 24.6. The zero-order valence-electron chi connectivity index (χ0n) is 20.0. The number of piperidine rings is 2. The van der Waals surface area contributed by atoms with Gasteiger partial charge < -0.3 is 7.80 Å². The molecule has 0 amide bonds. The molecule has 2 aromatic carbocycles. The fourth-order valence-electron chi connectivity index (χ4n) is 6.54. The van der Waals surface area contributed by atoms with Crippen LogP contribution < -0.4 is 4.74 Å². The zero-order chi connectivity index (χ0) is 23.7. The monoisotopic (exact) mass is 595 g/mol. The predicted molar refractivity (Wildman–Crippen MR) is 145 cm³/mol. The molecule has 2 atom stereocenters. The second kappa shape index (κ2) is 10.9. The van der Waals surface area contributed by atoms with Crippen molar-refractivity contribution in [3.63, 3.8) is 0 Å². The number of halogens is 2. The number of carbonyl (C=O) groups excluding carboxylic acids is 1. The molecule has 2 bridgehead atoms. The number of fused-ring (bicyclic) bond motifs is 3. The lowest BCUT2D eigenvalue weighted by Crippen LogP contribution is -2.52. The number of hydrogen-bond acceptors (Lipinski definition) is 4. The summed E-state index contributed by atoms with van der Waals surface area (Å²) in [5, 5.41) is 2.97. The number of carbonyl (C=O) groups is 1. The first-order valence-corrected chi connectivity index (χ1v) is 14.3. The van der Waals surface area contributed by atoms with Gasteiger partial charge in [0.25, 0.3) is 0 Å². The molecule has 3 fully saturated rings. The van der Waals surface area contributed by atoms with Gasteiger partial charge in [-0.3, -0.25) is 9.69 Å². The minimum atomic E-state index is -0.0506. The maximum absolute atomic E-state index is 12.2. The molecule has 2 heterocycles. The van der Waals surface area contributed by atoms with Crippen molar-refractivity contribution in [2.75, 3.05) is 0 Å². The van der Waals surface area contributed by atoms with Crippen LogP contribution in [0.15, 0.2) is 30.3 Å². The summed E-state index contributed by atoms with van der Waals surface area (Å²) in [6.45, 7) is 3.19. The molecular weight excluding hydrogens is 561 g/mol. The molecule has 4 nitrogen and oxygen atoms in total. The molecule has 2 aliphatic heterocycles. The van der Waals surface area contributed by atoms with Crippen LogP contribution >= 0.6 is 34.6 Å². The van der Waals surface area contributed by atoms with Crippen molar-refractivity contribution in [1.82, 2.24) is 4.90 Å². The first-order chi connectivity index (χ1) is 16.6. The molecule has 184 valence electrons. The highest BCUT2D eigenvalue weighted by Crippen LogP contribution is 2.40. The van der Waals surface area contributed by atoms with E-state index in [1.165, 1.54) is 31.2 Å². The largest absolute Gasteiger partial charge is 0.489 e. The molecule has 1 aliphatic carbocycles. The fraction of sp³-hybridized carbons (Fsp3) is 0.607. The normalized spacial score (nSPS) is 29.7. The SMILES string of the molecule is CC[C@H]1CC[C@@H](Oc2ccc3ccc(CN4C5CCCC4CC(C(=O)OI)C5)cc3c2Cl)CC1. The van der Waals surface area contributed by atoms with Crippen LogP contribution in [0.25, 0.3) is 10.8 Å². The molecule has 3 aliphatic rings. The van der Waals surface area contributed by atoms with Crippen molar-refractivity contribution in [2.45, 2.75) is 95.9 Å². The number of benzene rings is 2. The van der Waals surface area contributed by atoms with Gasteiger partial charge in [0.15, 0.2) is 23.0 Å². The molecule has 0 N–H and O–H groups in total. The highest BCUT2D eigenvalue weighted by atomic mass is 127. The maximum Gasteiger partial charge on any atom is 0.318 e. The summed E-state index contributed by atoms with van der Waals surface area (Å²) in [4.78, 5) is 14.8. The van der Waals surface area contributed by atoms with Gasteiger partial charge in [-0.05, 0) is 80.4 Å². The van der Waals surface area contributed by atoms with E-state index in [2.05, 4.69) is 36.1 Å². The van der Waals surface area contributed by atoms with Crippen LogP contribution in [0.3, 0.4) is 0 Å². The van der Waals surface area contributed by atoms with Gasteiger partial charge >= 0.3 is 5.97 Å². The number of hydrogen-bond donors (Lipinski definition) is 0. The van der Waals surface area contributed by atoms with Crippen LogP contribution in [0.2, 0.25) is 5.02 Å². The van der Waals surface area contributed by atoms with Crippen LogP contribution in [0.5, 0.6) is 5.75 Å². The Bertz CT molecular complexity index is 1010. The first-order valence-electron chi connectivity index (χ1n) is 13.0. The van der Waals surface area contributed by atoms with Gasteiger partial charge in [-0.15, -0.1) is 0 Å². The van der Waals surface area contributed by atoms with Gasteiger partial charge in [-0.1, -0.05) is 49.6 Å². The van der Waals surface area contributed by atoms with Crippen molar-refractivity contribution < 1.29 is 12.6 Å². The molecule has 34 heavy (non-hydrogen) atoms. The van der Waals surface area contributed by atoms with E-state index < -0.39 is 0 Å². The van der Waals surface area contributed by atoms with Gasteiger partial charge in [0.1, 0.15) is 5.75 Å². The lowest BCUT2D eigenvalue weighted by Gasteiger charge is -2.48. The molecule has 0 spiro atoms. The Hall–Kier alpha value is -1.05. The Morgan fingerprint density at radius 1 is 1.06 bits per heavy atom. The van der Waals surface area contributed by atoms with Crippen molar-refractivity contribution in [3.8, 4) is 5.75 Å². The molecule has 0 radical (unpaired) electrons. The minimum absolute atomic E-state index is 0.0431. The Kier molecular flexibility index (Phi) is 7.91. The van der Waals surface area contributed by atoms with E-state index in [9.17, 15) is 4.79 Å². The molecule has 1 saturated carbocycles. The van der Waals surface area contributed by atoms with Gasteiger partial charge in [0, 0.05) is 24.0 Å². The van der Waals surface area contributed by atoms with Crippen molar-refractivity contribution in [3.05, 3.63) is 40.9 Å². The molecule has 2 saturated heterocycles. The summed E-state index contributed by atoms with van der Waals surface area (Å²) >= 11 is 8.64. The third-order valence-electron chi connectivity index (χ3n) is 8.55. The Morgan fingerprint density at radius 3 is 2.44 bits per heavy atom. The minimum Gasteiger partial charge on any atom is -0.489 e. The van der Waals surface area contributed by atoms with Crippen molar-refractivity contribution in [1.29, 1.82) is 0 Å². The third-order valence-corrected chi connectivity index (χ3v) is 9.37. The number of ether oxygens (including phenoxy) is 1. The zero-order valence-corrected chi connectivity index (χ0v) is 22.9. The van der Waals surface area contributed by atoms with Crippen LogP contribution in [-0.2, 0) is 14.4 Å². The Labute approximate surface area is 222 Å². The van der Waals surface area contributed by atoms with E-state index in [1.807, 2.05) is 6.07 Å². The summed E-state index contributed by atoms with van der Waals surface area (Å²) in [7, 11) is 0. The van der Waals surface area contributed by atoms with Gasteiger partial charge in [0.2, 0.25) is 0 Å². The summed E-state index contributed by atoms with van der Waals surface area (Å²) in [5.41, 5.74) is 1.28. The average molecular weight is 596 g/mol. The smallest absolute Gasteiger partial charge is 0.318 e. The average Bonchev–Trinajstić information content (AvgIpc) is 2.86. The predicted octanol–water partition coefficient (Wildman–Crippen LogP) is 7.87. The molecule has 0 aromatic heterocycles. The van der Waals surface area contributed by atoms with E-state index >= 15 is 0 Å². The second-order valence-corrected chi connectivity index (χ2v) is 11.4. The standard InChI is InChI=1S/C28H35ClINO3/c1-2-18-7-11-24(12-8-18)33-26-13-10-20-9-6-19(14-25(20)27(26)29)17-31-22-4-3-5-23(31)16-21(15-22)28(32)34-30/h6,9-10,13-14,18,21-24H,2-5,7-8,11-12,15-17H2,1H3/t18-,21?,22?,23?,24+. The summed E-state index contributed by atoms with van der Waals surface area (Å²) < 4.78 is 11.4.